The monoisotopic (exact) mass is 394 g/mol. The molecule has 0 heterocycles. The summed E-state index contributed by atoms with van der Waals surface area (Å²) in [6.45, 7) is 4.95. The van der Waals surface area contributed by atoms with Gasteiger partial charge in [0.2, 0.25) is 0 Å². The van der Waals surface area contributed by atoms with E-state index in [4.69, 9.17) is 32.4 Å². The molecule has 0 bridgehead atoms. The van der Waals surface area contributed by atoms with Crippen LogP contribution in [0.5, 0.6) is 0 Å². The van der Waals surface area contributed by atoms with Gasteiger partial charge in [0.15, 0.2) is 12.5 Å². The second-order valence-corrected chi connectivity index (χ2v) is 7.13. The molecule has 0 radical (unpaired) electrons. The molecule has 4 unspecified atom stereocenters. The van der Waals surface area contributed by atoms with E-state index in [2.05, 4.69) is 0 Å². The molecule has 1 rings (SSSR count). The van der Waals surface area contributed by atoms with Crippen LogP contribution in [0.2, 0.25) is 0 Å². The van der Waals surface area contributed by atoms with Crippen LogP contribution in [0.3, 0.4) is 0 Å². The highest BCUT2D eigenvalue weighted by Crippen LogP contribution is 2.15. The Hall–Kier alpha value is -2.00. The predicted molar refractivity (Wildman–Crippen MR) is 108 cm³/mol. The lowest BCUT2D eigenvalue weighted by Gasteiger charge is -2.20. The zero-order valence-electron chi connectivity index (χ0n) is 16.8. The van der Waals surface area contributed by atoms with E-state index >= 15 is 0 Å². The van der Waals surface area contributed by atoms with Gasteiger partial charge in [0, 0.05) is 11.8 Å². The van der Waals surface area contributed by atoms with Crippen LogP contribution in [0, 0.1) is 11.8 Å². The van der Waals surface area contributed by atoms with E-state index in [-0.39, 0.29) is 11.8 Å². The number of nitrogens with two attached hydrogens (primary N) is 4. The largest absolute Gasteiger partial charge is 0.443 e. The molecule has 0 saturated heterocycles. The molecule has 0 saturated carbocycles. The number of rotatable bonds is 12. The van der Waals surface area contributed by atoms with Crippen LogP contribution < -0.4 is 22.9 Å². The van der Waals surface area contributed by atoms with Crippen molar-refractivity contribution in [3.8, 4) is 0 Å². The minimum atomic E-state index is -0.711. The fourth-order valence-corrected chi connectivity index (χ4v) is 2.57. The van der Waals surface area contributed by atoms with Gasteiger partial charge in [0.05, 0.1) is 11.1 Å². The Kier molecular flexibility index (Phi) is 10.7. The first-order chi connectivity index (χ1) is 13.3. The fourth-order valence-electron chi connectivity index (χ4n) is 2.57. The molecule has 0 aliphatic carbocycles. The summed E-state index contributed by atoms with van der Waals surface area (Å²) >= 11 is 0. The van der Waals surface area contributed by atoms with Gasteiger partial charge in [-0.2, -0.15) is 0 Å². The van der Waals surface area contributed by atoms with Crippen LogP contribution in [0.4, 0.5) is 0 Å². The molecule has 158 valence electrons. The normalized spacial score (nSPS) is 15.4. The molecule has 0 amide bonds. The van der Waals surface area contributed by atoms with E-state index in [9.17, 15) is 9.59 Å². The highest BCUT2D eigenvalue weighted by Gasteiger charge is 2.20. The number of carbonyl (C=O) groups excluding carboxylic acids is 2. The molecule has 28 heavy (non-hydrogen) atoms. The number of esters is 2. The summed E-state index contributed by atoms with van der Waals surface area (Å²) in [6.07, 6.45) is 1.76. The Balaban J connectivity index is 2.59. The first-order valence-corrected chi connectivity index (χ1v) is 9.73. The predicted octanol–water partition coefficient (Wildman–Crippen LogP) is 1.32. The van der Waals surface area contributed by atoms with E-state index in [1.165, 1.54) is 24.3 Å². The summed E-state index contributed by atoms with van der Waals surface area (Å²) in [5, 5.41) is 0. The molecular formula is C20H34N4O4. The number of ether oxygens (including phenoxy) is 2. The lowest BCUT2D eigenvalue weighted by molar-refractivity contribution is 0.0155. The van der Waals surface area contributed by atoms with Crippen molar-refractivity contribution in [2.24, 2.45) is 34.8 Å². The number of hydrogen-bond donors (Lipinski definition) is 4. The standard InChI is InChI=1S/C20H34N4O4/c1-13(5-3-11-21)17(23)27-19(25)15-7-9-16(10-8-15)20(26)28-18(24)14(2)6-4-12-22/h7-10,13-14,17-18H,3-6,11-12,21-24H2,1-2H3. The van der Waals surface area contributed by atoms with Gasteiger partial charge in [-0.25, -0.2) is 9.59 Å². The zero-order chi connectivity index (χ0) is 21.1. The quantitative estimate of drug-likeness (QED) is 0.305. The lowest BCUT2D eigenvalue weighted by Crippen LogP contribution is -2.34. The molecule has 0 aliphatic heterocycles. The van der Waals surface area contributed by atoms with E-state index in [1.807, 2.05) is 13.8 Å². The maximum absolute atomic E-state index is 12.2. The van der Waals surface area contributed by atoms with Gasteiger partial charge < -0.3 is 20.9 Å². The Morgan fingerprint density at radius 3 is 1.39 bits per heavy atom. The molecule has 8 nitrogen and oxygen atoms in total. The average molecular weight is 395 g/mol. The third-order valence-electron chi connectivity index (χ3n) is 4.69. The topological polar surface area (TPSA) is 157 Å². The van der Waals surface area contributed by atoms with Crippen molar-refractivity contribution in [1.82, 2.24) is 0 Å². The molecule has 1 aromatic carbocycles. The Labute approximate surface area is 166 Å². The molecule has 4 atom stereocenters. The molecule has 0 aliphatic rings. The zero-order valence-corrected chi connectivity index (χ0v) is 16.8. The fraction of sp³-hybridized carbons (Fsp3) is 0.600. The van der Waals surface area contributed by atoms with Crippen molar-refractivity contribution in [2.45, 2.75) is 52.0 Å². The van der Waals surface area contributed by atoms with Crippen molar-refractivity contribution >= 4 is 11.9 Å². The van der Waals surface area contributed by atoms with Crippen molar-refractivity contribution in [3.05, 3.63) is 35.4 Å². The highest BCUT2D eigenvalue weighted by molar-refractivity contribution is 5.93. The minimum Gasteiger partial charge on any atom is -0.443 e. The van der Waals surface area contributed by atoms with Gasteiger partial charge in [-0.05, 0) is 63.0 Å². The van der Waals surface area contributed by atoms with Crippen molar-refractivity contribution in [3.63, 3.8) is 0 Å². The first-order valence-electron chi connectivity index (χ1n) is 9.73. The van der Waals surface area contributed by atoms with Gasteiger partial charge >= 0.3 is 11.9 Å². The molecule has 0 fully saturated rings. The van der Waals surface area contributed by atoms with Crippen LogP contribution in [0.25, 0.3) is 0 Å². The molecule has 0 aromatic heterocycles. The van der Waals surface area contributed by atoms with Crippen LogP contribution in [-0.2, 0) is 9.47 Å². The summed E-state index contributed by atoms with van der Waals surface area (Å²) in [5.41, 5.74) is 23.4. The highest BCUT2D eigenvalue weighted by atomic mass is 16.6. The van der Waals surface area contributed by atoms with Crippen LogP contribution >= 0.6 is 0 Å². The van der Waals surface area contributed by atoms with Gasteiger partial charge in [-0.3, -0.25) is 11.5 Å². The molecule has 1 aromatic rings. The van der Waals surface area contributed by atoms with E-state index in [1.54, 1.807) is 0 Å². The molecule has 8 heteroatoms. The van der Waals surface area contributed by atoms with Gasteiger partial charge in [0.1, 0.15) is 0 Å². The minimum absolute atomic E-state index is 0.00417. The Bertz CT molecular complexity index is 556. The number of carbonyl (C=O) groups is 2. The summed E-state index contributed by atoms with van der Waals surface area (Å²) in [4.78, 5) is 24.4. The maximum atomic E-state index is 12.2. The summed E-state index contributed by atoms with van der Waals surface area (Å²) < 4.78 is 10.6. The van der Waals surface area contributed by atoms with Crippen molar-refractivity contribution in [1.29, 1.82) is 0 Å². The SMILES string of the molecule is CC(CCCN)C(N)OC(=O)c1ccc(C(=O)OC(N)C(C)CCCN)cc1. The molecular weight excluding hydrogens is 360 g/mol. The Morgan fingerprint density at radius 2 is 1.11 bits per heavy atom. The van der Waals surface area contributed by atoms with Crippen LogP contribution in [-0.4, -0.2) is 37.5 Å². The second kappa shape index (κ2) is 12.5. The Morgan fingerprint density at radius 1 is 0.786 bits per heavy atom. The first kappa shape index (κ1) is 24.0. The second-order valence-electron chi connectivity index (χ2n) is 7.13. The van der Waals surface area contributed by atoms with Crippen LogP contribution in [0.15, 0.2) is 24.3 Å². The van der Waals surface area contributed by atoms with Crippen molar-refractivity contribution < 1.29 is 19.1 Å². The molecule has 8 N–H and O–H groups in total. The number of hydrogen-bond acceptors (Lipinski definition) is 8. The number of benzene rings is 1. The van der Waals surface area contributed by atoms with Crippen LogP contribution in [0.1, 0.15) is 60.2 Å². The van der Waals surface area contributed by atoms with E-state index in [0.717, 1.165) is 25.7 Å². The summed E-state index contributed by atoms with van der Waals surface area (Å²) in [5.74, 6) is -1.08. The van der Waals surface area contributed by atoms with Gasteiger partial charge in [-0.15, -0.1) is 0 Å². The van der Waals surface area contributed by atoms with Crippen molar-refractivity contribution in [2.75, 3.05) is 13.1 Å². The molecule has 0 spiro atoms. The van der Waals surface area contributed by atoms with E-state index in [0.29, 0.717) is 24.2 Å². The van der Waals surface area contributed by atoms with E-state index < -0.39 is 24.4 Å². The third kappa shape index (κ3) is 7.93. The lowest BCUT2D eigenvalue weighted by atomic mass is 10.0. The average Bonchev–Trinajstić information content (AvgIpc) is 2.69. The maximum Gasteiger partial charge on any atom is 0.339 e. The summed E-state index contributed by atoms with van der Waals surface area (Å²) in [7, 11) is 0. The van der Waals surface area contributed by atoms with Gasteiger partial charge in [0.25, 0.3) is 0 Å². The third-order valence-corrected chi connectivity index (χ3v) is 4.69. The summed E-state index contributed by atoms with van der Waals surface area (Å²) in [6, 6.07) is 6.00. The van der Waals surface area contributed by atoms with Gasteiger partial charge in [-0.1, -0.05) is 13.8 Å². The smallest absolute Gasteiger partial charge is 0.339 e.